The number of aliphatic hydroxyl groups is 1. The van der Waals surface area contributed by atoms with Gasteiger partial charge in [-0.1, -0.05) is 29.3 Å². The van der Waals surface area contributed by atoms with Crippen LogP contribution in [0.25, 0.3) is 0 Å². The fourth-order valence-electron chi connectivity index (χ4n) is 1.99. The zero-order chi connectivity index (χ0) is 15.4. The maximum Gasteiger partial charge on any atom is 0.270 e. The van der Waals surface area contributed by atoms with Crippen LogP contribution in [0.5, 0.6) is 0 Å². The van der Waals surface area contributed by atoms with E-state index in [1.54, 1.807) is 25.5 Å². The summed E-state index contributed by atoms with van der Waals surface area (Å²) < 4.78 is 1.53. The molecule has 0 aliphatic heterocycles. The van der Waals surface area contributed by atoms with Gasteiger partial charge >= 0.3 is 0 Å². The molecule has 0 fully saturated rings. The Morgan fingerprint density at radius 1 is 1.48 bits per heavy atom. The summed E-state index contributed by atoms with van der Waals surface area (Å²) in [4.78, 5) is 18.1. The number of pyridine rings is 1. The summed E-state index contributed by atoms with van der Waals surface area (Å²) in [5.41, 5.74) is 1.26. The van der Waals surface area contributed by atoms with Crippen molar-refractivity contribution in [1.29, 1.82) is 0 Å². The molecule has 2 aromatic heterocycles. The lowest BCUT2D eigenvalue weighted by molar-refractivity contribution is 0.0698. The van der Waals surface area contributed by atoms with Crippen molar-refractivity contribution in [2.24, 2.45) is 7.05 Å². The first-order valence-electron chi connectivity index (χ1n) is 6.34. The minimum absolute atomic E-state index is 0.127. The van der Waals surface area contributed by atoms with Gasteiger partial charge < -0.3 is 14.6 Å². The summed E-state index contributed by atoms with van der Waals surface area (Å²) in [7, 11) is 1.67. The Morgan fingerprint density at radius 3 is 2.76 bits per heavy atom. The van der Waals surface area contributed by atoms with Crippen LogP contribution in [-0.4, -0.2) is 38.6 Å². The molecule has 0 saturated heterocycles. The molecule has 7 heteroatoms. The molecule has 21 heavy (non-hydrogen) atoms. The summed E-state index contributed by atoms with van der Waals surface area (Å²) in [5, 5.41) is 9.81. The lowest BCUT2D eigenvalue weighted by Crippen LogP contribution is -2.34. The number of carbonyl (C=O) groups is 1. The zero-order valence-electron chi connectivity index (χ0n) is 11.5. The lowest BCUT2D eigenvalue weighted by atomic mass is 10.2. The summed E-state index contributed by atoms with van der Waals surface area (Å²) in [6.07, 6.45) is 3.35. The van der Waals surface area contributed by atoms with Gasteiger partial charge in [-0.05, 0) is 17.7 Å². The molecule has 0 aliphatic carbocycles. The minimum Gasteiger partial charge on any atom is -0.395 e. The number of hydrogen-bond donors (Lipinski definition) is 1. The number of nitrogens with zero attached hydrogens (tertiary/aromatic N) is 3. The third-order valence-corrected chi connectivity index (χ3v) is 3.93. The second kappa shape index (κ2) is 6.93. The van der Waals surface area contributed by atoms with E-state index in [0.29, 0.717) is 22.4 Å². The average molecular weight is 328 g/mol. The number of amides is 1. The van der Waals surface area contributed by atoms with Crippen molar-refractivity contribution in [3.05, 3.63) is 52.0 Å². The van der Waals surface area contributed by atoms with Crippen LogP contribution in [0.15, 0.2) is 30.6 Å². The number of rotatable bonds is 5. The summed E-state index contributed by atoms with van der Waals surface area (Å²) in [5.74, 6) is -0.246. The van der Waals surface area contributed by atoms with Gasteiger partial charge in [0, 0.05) is 32.5 Å². The highest BCUT2D eigenvalue weighted by molar-refractivity contribution is 6.41. The van der Waals surface area contributed by atoms with Crippen molar-refractivity contribution in [3.8, 4) is 0 Å². The van der Waals surface area contributed by atoms with E-state index in [9.17, 15) is 9.90 Å². The number of halogens is 2. The highest BCUT2D eigenvalue weighted by Crippen LogP contribution is 2.26. The molecule has 1 N–H and O–H groups in total. The molecule has 2 rings (SSSR count). The Bertz CT molecular complexity index is 629. The van der Waals surface area contributed by atoms with Crippen molar-refractivity contribution in [2.75, 3.05) is 13.2 Å². The van der Waals surface area contributed by atoms with Crippen molar-refractivity contribution < 1.29 is 9.90 Å². The second-order valence-corrected chi connectivity index (χ2v) is 5.30. The largest absolute Gasteiger partial charge is 0.395 e. The first-order chi connectivity index (χ1) is 10.0. The van der Waals surface area contributed by atoms with E-state index in [2.05, 4.69) is 4.98 Å². The van der Waals surface area contributed by atoms with Crippen LogP contribution in [0.3, 0.4) is 0 Å². The average Bonchev–Trinajstić information content (AvgIpc) is 2.75. The third kappa shape index (κ3) is 3.56. The second-order valence-electron chi connectivity index (χ2n) is 4.54. The fraction of sp³-hybridized carbons (Fsp3) is 0.286. The molecule has 5 nitrogen and oxygen atoms in total. The Labute approximate surface area is 132 Å². The molecule has 0 unspecified atom stereocenters. The molecule has 0 aliphatic rings. The van der Waals surface area contributed by atoms with Gasteiger partial charge in [0.2, 0.25) is 0 Å². The van der Waals surface area contributed by atoms with Crippen molar-refractivity contribution in [1.82, 2.24) is 14.5 Å². The molecule has 2 heterocycles. The van der Waals surface area contributed by atoms with Crippen LogP contribution < -0.4 is 0 Å². The first kappa shape index (κ1) is 15.8. The molecular formula is C14H15Cl2N3O2. The fourth-order valence-corrected chi connectivity index (χ4v) is 2.37. The highest BCUT2D eigenvalue weighted by atomic mass is 35.5. The van der Waals surface area contributed by atoms with Gasteiger partial charge in [-0.15, -0.1) is 0 Å². The van der Waals surface area contributed by atoms with Gasteiger partial charge in [-0.25, -0.2) is 0 Å². The van der Waals surface area contributed by atoms with E-state index < -0.39 is 0 Å². The Morgan fingerprint density at radius 2 is 2.24 bits per heavy atom. The van der Waals surface area contributed by atoms with E-state index in [1.165, 1.54) is 15.5 Å². The number of aliphatic hydroxyl groups excluding tert-OH is 1. The molecule has 0 aromatic carbocycles. The van der Waals surface area contributed by atoms with Crippen molar-refractivity contribution >= 4 is 29.1 Å². The molecule has 1 amide bonds. The molecule has 0 saturated carbocycles. The summed E-state index contributed by atoms with van der Waals surface area (Å²) in [6.45, 7) is 0.444. The van der Waals surface area contributed by atoms with E-state index in [1.807, 2.05) is 6.07 Å². The zero-order valence-corrected chi connectivity index (χ0v) is 13.0. The minimum atomic E-state index is -0.246. The molecule has 112 valence electrons. The third-order valence-electron chi connectivity index (χ3n) is 3.09. The summed E-state index contributed by atoms with van der Waals surface area (Å²) >= 11 is 11.9. The van der Waals surface area contributed by atoms with Crippen LogP contribution in [0.1, 0.15) is 16.1 Å². The number of aromatic nitrogens is 2. The molecule has 0 bridgehead atoms. The molecule has 2 aromatic rings. The van der Waals surface area contributed by atoms with Gasteiger partial charge in [0.25, 0.3) is 5.91 Å². The predicted octanol–water partition coefficient (Wildman–Crippen LogP) is 2.36. The smallest absolute Gasteiger partial charge is 0.270 e. The maximum atomic E-state index is 12.6. The SMILES string of the molecule is Cn1c(C(=O)N(CCO)Cc2cccnc2)cc(Cl)c1Cl. The lowest BCUT2D eigenvalue weighted by Gasteiger charge is -2.22. The predicted molar refractivity (Wildman–Crippen MR) is 81.5 cm³/mol. The highest BCUT2D eigenvalue weighted by Gasteiger charge is 2.21. The van der Waals surface area contributed by atoms with Gasteiger partial charge in [-0.2, -0.15) is 0 Å². The topological polar surface area (TPSA) is 58.4 Å². The van der Waals surface area contributed by atoms with Crippen molar-refractivity contribution in [2.45, 2.75) is 6.54 Å². The van der Waals surface area contributed by atoms with Gasteiger partial charge in [0.1, 0.15) is 10.8 Å². The van der Waals surface area contributed by atoms with Crippen LogP contribution >= 0.6 is 23.2 Å². The van der Waals surface area contributed by atoms with Gasteiger partial charge in [0.05, 0.1) is 11.6 Å². The Hall–Kier alpha value is -1.56. The van der Waals surface area contributed by atoms with E-state index in [-0.39, 0.29) is 19.1 Å². The van der Waals surface area contributed by atoms with E-state index in [0.717, 1.165) is 5.56 Å². The van der Waals surface area contributed by atoms with Crippen LogP contribution in [0, 0.1) is 0 Å². The Balaban J connectivity index is 2.25. The molecule has 0 spiro atoms. The monoisotopic (exact) mass is 327 g/mol. The standard InChI is InChI=1S/C14H15Cl2N3O2/c1-18-12(7-11(15)13(18)16)14(21)19(5-6-20)9-10-3-2-4-17-8-10/h2-4,7-8,20H,5-6,9H2,1H3. The normalized spacial score (nSPS) is 10.7. The van der Waals surface area contributed by atoms with Gasteiger partial charge in [0.15, 0.2) is 0 Å². The molecule has 0 atom stereocenters. The van der Waals surface area contributed by atoms with Gasteiger partial charge in [-0.3, -0.25) is 9.78 Å². The van der Waals surface area contributed by atoms with E-state index in [4.69, 9.17) is 23.2 Å². The van der Waals surface area contributed by atoms with Crippen LogP contribution in [0.2, 0.25) is 10.2 Å². The maximum absolute atomic E-state index is 12.6. The van der Waals surface area contributed by atoms with Crippen molar-refractivity contribution in [3.63, 3.8) is 0 Å². The van der Waals surface area contributed by atoms with Crippen LogP contribution in [-0.2, 0) is 13.6 Å². The summed E-state index contributed by atoms with van der Waals surface area (Å²) in [6, 6.07) is 5.20. The Kier molecular flexibility index (Phi) is 5.22. The molecule has 0 radical (unpaired) electrons. The van der Waals surface area contributed by atoms with Crippen LogP contribution in [0.4, 0.5) is 0 Å². The quantitative estimate of drug-likeness (QED) is 0.917. The number of hydrogen-bond acceptors (Lipinski definition) is 3. The molecular weight excluding hydrogens is 313 g/mol. The first-order valence-corrected chi connectivity index (χ1v) is 7.10. The number of carbonyl (C=O) groups excluding carboxylic acids is 1. The van der Waals surface area contributed by atoms with E-state index >= 15 is 0 Å².